The molecular formula is C30H36ClN3O5S. The van der Waals surface area contributed by atoms with Gasteiger partial charge in [-0.05, 0) is 62.2 Å². The number of amides is 2. The van der Waals surface area contributed by atoms with Crippen LogP contribution in [0.1, 0.15) is 39.2 Å². The lowest BCUT2D eigenvalue weighted by molar-refractivity contribution is -0.139. The zero-order valence-electron chi connectivity index (χ0n) is 23.0. The van der Waals surface area contributed by atoms with Gasteiger partial charge in [-0.25, -0.2) is 8.42 Å². The first-order valence-electron chi connectivity index (χ1n) is 13.3. The van der Waals surface area contributed by atoms with Crippen LogP contribution in [-0.2, 0) is 26.2 Å². The third-order valence-electron chi connectivity index (χ3n) is 6.31. The molecule has 0 radical (unpaired) electrons. The Bertz CT molecular complexity index is 1370. The second kappa shape index (κ2) is 14.7. The predicted octanol–water partition coefficient (Wildman–Crippen LogP) is 5.27. The smallest absolute Gasteiger partial charge is 0.264 e. The Kier molecular flexibility index (Phi) is 11.4. The number of anilines is 1. The number of rotatable bonds is 14. The summed E-state index contributed by atoms with van der Waals surface area (Å²) >= 11 is 6.01. The summed E-state index contributed by atoms with van der Waals surface area (Å²) in [6.45, 7) is 5.84. The summed E-state index contributed by atoms with van der Waals surface area (Å²) in [5.74, 6) is -0.527. The molecule has 0 saturated carbocycles. The van der Waals surface area contributed by atoms with Crippen molar-refractivity contribution in [1.82, 2.24) is 10.2 Å². The van der Waals surface area contributed by atoms with Gasteiger partial charge >= 0.3 is 0 Å². The van der Waals surface area contributed by atoms with E-state index in [0.717, 1.165) is 22.7 Å². The van der Waals surface area contributed by atoms with E-state index in [1.54, 1.807) is 38.1 Å². The van der Waals surface area contributed by atoms with Gasteiger partial charge in [0.2, 0.25) is 11.8 Å². The first kappa shape index (κ1) is 31.0. The minimum absolute atomic E-state index is 0.0315. The molecule has 8 nitrogen and oxygen atoms in total. The summed E-state index contributed by atoms with van der Waals surface area (Å²) in [5, 5.41) is 3.26. The third-order valence-corrected chi connectivity index (χ3v) is 8.33. The van der Waals surface area contributed by atoms with Crippen molar-refractivity contribution in [2.24, 2.45) is 0 Å². The molecule has 0 heterocycles. The lowest BCUT2D eigenvalue weighted by Crippen LogP contribution is -2.51. The summed E-state index contributed by atoms with van der Waals surface area (Å²) in [7, 11) is -4.23. The molecule has 1 N–H and O–H groups in total. The van der Waals surface area contributed by atoms with Crippen molar-refractivity contribution in [1.29, 1.82) is 0 Å². The van der Waals surface area contributed by atoms with Gasteiger partial charge in [-0.15, -0.1) is 0 Å². The zero-order chi connectivity index (χ0) is 29.1. The van der Waals surface area contributed by atoms with E-state index in [9.17, 15) is 18.0 Å². The summed E-state index contributed by atoms with van der Waals surface area (Å²) < 4.78 is 34.7. The number of halogens is 1. The average Bonchev–Trinajstić information content (AvgIpc) is 2.95. The van der Waals surface area contributed by atoms with Crippen molar-refractivity contribution >= 4 is 39.1 Å². The second-order valence-electron chi connectivity index (χ2n) is 9.19. The normalized spacial score (nSPS) is 11.9. The molecule has 2 amide bonds. The quantitative estimate of drug-likeness (QED) is 0.260. The van der Waals surface area contributed by atoms with E-state index in [2.05, 4.69) is 5.32 Å². The Morgan fingerprint density at radius 2 is 1.60 bits per heavy atom. The van der Waals surface area contributed by atoms with Gasteiger partial charge in [-0.2, -0.15) is 0 Å². The Hall–Kier alpha value is -3.56. The van der Waals surface area contributed by atoms with Crippen LogP contribution in [0.15, 0.2) is 83.8 Å². The van der Waals surface area contributed by atoms with E-state index < -0.39 is 28.5 Å². The summed E-state index contributed by atoms with van der Waals surface area (Å²) in [4.78, 5) is 28.4. The Morgan fingerprint density at radius 1 is 0.950 bits per heavy atom. The van der Waals surface area contributed by atoms with Gasteiger partial charge in [0.1, 0.15) is 18.3 Å². The largest absolute Gasteiger partial charge is 0.492 e. The molecule has 3 rings (SSSR count). The monoisotopic (exact) mass is 585 g/mol. The van der Waals surface area contributed by atoms with E-state index >= 15 is 0 Å². The molecule has 0 saturated heterocycles. The predicted molar refractivity (Wildman–Crippen MR) is 158 cm³/mol. The topological polar surface area (TPSA) is 96.0 Å². The molecule has 40 heavy (non-hydrogen) atoms. The molecule has 10 heteroatoms. The van der Waals surface area contributed by atoms with E-state index in [1.165, 1.54) is 29.2 Å². The molecule has 1 atom stereocenters. The SMILES string of the molecule is CCCCNC(=O)[C@@H](C)N(Cc1ccccc1)C(=O)CN(c1ccccc1OCC)S(=O)(=O)c1ccc(Cl)cc1. The lowest BCUT2D eigenvalue weighted by atomic mass is 10.1. The molecule has 0 fully saturated rings. The molecule has 3 aromatic rings. The minimum atomic E-state index is -4.23. The van der Waals surface area contributed by atoms with Gasteiger partial charge in [0.25, 0.3) is 10.0 Å². The van der Waals surface area contributed by atoms with Crippen molar-refractivity contribution in [3.63, 3.8) is 0 Å². The van der Waals surface area contributed by atoms with Crippen LogP contribution in [-0.4, -0.2) is 50.9 Å². The molecule has 0 spiro atoms. The fraction of sp³-hybridized carbons (Fsp3) is 0.333. The van der Waals surface area contributed by atoms with Gasteiger partial charge in [0.05, 0.1) is 17.2 Å². The van der Waals surface area contributed by atoms with Crippen LogP contribution in [0, 0.1) is 0 Å². The van der Waals surface area contributed by atoms with Crippen LogP contribution >= 0.6 is 11.6 Å². The number of benzene rings is 3. The van der Waals surface area contributed by atoms with Gasteiger partial charge in [0.15, 0.2) is 0 Å². The van der Waals surface area contributed by atoms with Crippen molar-refractivity contribution < 1.29 is 22.7 Å². The maximum absolute atomic E-state index is 14.0. The number of nitrogens with one attached hydrogen (secondary N) is 1. The molecule has 0 aliphatic carbocycles. The minimum Gasteiger partial charge on any atom is -0.492 e. The first-order chi connectivity index (χ1) is 19.2. The summed E-state index contributed by atoms with van der Waals surface area (Å²) in [5.41, 5.74) is 1.03. The molecule has 0 aliphatic rings. The zero-order valence-corrected chi connectivity index (χ0v) is 24.6. The maximum atomic E-state index is 14.0. The molecule has 0 unspecified atom stereocenters. The Labute approximate surface area is 241 Å². The number of para-hydroxylation sites is 2. The van der Waals surface area contributed by atoms with E-state index in [4.69, 9.17) is 16.3 Å². The number of carbonyl (C=O) groups excluding carboxylic acids is 2. The van der Waals surface area contributed by atoms with Crippen LogP contribution in [0.5, 0.6) is 5.75 Å². The number of hydrogen-bond acceptors (Lipinski definition) is 5. The van der Waals surface area contributed by atoms with Crippen molar-refractivity contribution in [3.8, 4) is 5.75 Å². The second-order valence-corrected chi connectivity index (χ2v) is 11.5. The molecule has 214 valence electrons. The standard InChI is InChI=1S/C30H36ClN3O5S/c1-4-6-20-32-30(36)23(3)33(21-24-12-8-7-9-13-24)29(35)22-34(27-14-10-11-15-28(27)39-5-2)40(37,38)26-18-16-25(31)17-19-26/h7-19,23H,4-6,20-22H2,1-3H3,(H,32,36)/t23-/m1/s1. The molecule has 0 bridgehead atoms. The van der Waals surface area contributed by atoms with Crippen molar-refractivity contribution in [2.75, 3.05) is 24.0 Å². The maximum Gasteiger partial charge on any atom is 0.264 e. The van der Waals surface area contributed by atoms with Crippen LogP contribution in [0.25, 0.3) is 0 Å². The number of nitrogens with zero attached hydrogens (tertiary/aromatic N) is 2. The van der Waals surface area contributed by atoms with Gasteiger partial charge in [0, 0.05) is 18.1 Å². The highest BCUT2D eigenvalue weighted by molar-refractivity contribution is 7.92. The van der Waals surface area contributed by atoms with Crippen LogP contribution in [0.4, 0.5) is 5.69 Å². The molecular weight excluding hydrogens is 550 g/mol. The highest BCUT2D eigenvalue weighted by Gasteiger charge is 2.33. The Balaban J connectivity index is 2.04. The van der Waals surface area contributed by atoms with E-state index in [0.29, 0.717) is 23.9 Å². The number of sulfonamides is 1. The molecule has 0 aromatic heterocycles. The van der Waals surface area contributed by atoms with Gasteiger partial charge < -0.3 is 15.0 Å². The Morgan fingerprint density at radius 3 is 2.25 bits per heavy atom. The third kappa shape index (κ3) is 7.99. The van der Waals surface area contributed by atoms with Crippen LogP contribution in [0.3, 0.4) is 0 Å². The summed E-state index contributed by atoms with van der Waals surface area (Å²) in [6, 6.07) is 20.8. The van der Waals surface area contributed by atoms with Gasteiger partial charge in [-0.1, -0.05) is 67.4 Å². The van der Waals surface area contributed by atoms with E-state index in [-0.39, 0.29) is 23.0 Å². The number of carbonyl (C=O) groups is 2. The van der Waals surface area contributed by atoms with E-state index in [1.807, 2.05) is 37.3 Å². The van der Waals surface area contributed by atoms with Gasteiger partial charge in [-0.3, -0.25) is 13.9 Å². The summed E-state index contributed by atoms with van der Waals surface area (Å²) in [6.07, 6.45) is 1.73. The molecule has 3 aromatic carbocycles. The highest BCUT2D eigenvalue weighted by atomic mass is 35.5. The van der Waals surface area contributed by atoms with Crippen molar-refractivity contribution in [2.45, 2.75) is 51.1 Å². The lowest BCUT2D eigenvalue weighted by Gasteiger charge is -2.32. The first-order valence-corrected chi connectivity index (χ1v) is 15.1. The number of ether oxygens (including phenoxy) is 1. The molecule has 0 aliphatic heterocycles. The average molecular weight is 586 g/mol. The number of hydrogen-bond donors (Lipinski definition) is 1. The van der Waals surface area contributed by atoms with Crippen LogP contribution < -0.4 is 14.4 Å². The van der Waals surface area contributed by atoms with Crippen molar-refractivity contribution in [3.05, 3.63) is 89.4 Å². The fourth-order valence-corrected chi connectivity index (χ4v) is 5.64. The van der Waals surface area contributed by atoms with Crippen LogP contribution in [0.2, 0.25) is 5.02 Å². The number of unbranched alkanes of at least 4 members (excludes halogenated alkanes) is 1. The highest BCUT2D eigenvalue weighted by Crippen LogP contribution is 2.33. The fourth-order valence-electron chi connectivity index (χ4n) is 4.09.